The lowest BCUT2D eigenvalue weighted by atomic mass is 9.97. The molecule has 3 rings (SSSR count). The van der Waals surface area contributed by atoms with E-state index in [2.05, 4.69) is 21.1 Å². The van der Waals surface area contributed by atoms with Crippen LogP contribution in [0.15, 0.2) is 24.3 Å². The van der Waals surface area contributed by atoms with Gasteiger partial charge in [-0.3, -0.25) is 15.0 Å². The molecule has 0 bridgehead atoms. The van der Waals surface area contributed by atoms with E-state index < -0.39 is 0 Å². The smallest absolute Gasteiger partial charge is 0.238 e. The van der Waals surface area contributed by atoms with Crippen LogP contribution in [-0.2, 0) is 16.1 Å². The van der Waals surface area contributed by atoms with Crippen molar-refractivity contribution in [1.29, 1.82) is 0 Å². The molecule has 5 N–H and O–H groups in total. The van der Waals surface area contributed by atoms with Gasteiger partial charge in [-0.1, -0.05) is 12.1 Å². The third-order valence-corrected chi connectivity index (χ3v) is 5.00. The van der Waals surface area contributed by atoms with Crippen LogP contribution in [0.1, 0.15) is 31.7 Å². The van der Waals surface area contributed by atoms with Crippen LogP contribution in [0.25, 0.3) is 0 Å². The lowest BCUT2D eigenvalue weighted by Gasteiger charge is -2.33. The Kier molecular flexibility index (Phi) is 5.55. The molecule has 3 atom stereocenters. The second-order valence-electron chi connectivity index (χ2n) is 7.05. The van der Waals surface area contributed by atoms with Crippen molar-refractivity contribution in [1.82, 2.24) is 16.2 Å². The lowest BCUT2D eigenvalue weighted by Crippen LogP contribution is -2.43. The number of benzene rings is 1. The van der Waals surface area contributed by atoms with E-state index in [0.717, 1.165) is 37.1 Å². The first-order chi connectivity index (χ1) is 12.0. The van der Waals surface area contributed by atoms with Crippen LogP contribution in [0.2, 0.25) is 0 Å². The van der Waals surface area contributed by atoms with E-state index in [9.17, 15) is 9.59 Å². The SMILES string of the molecule is CC1CC(C(=O)NCc2ccc(N3CCCC(C(N)=O)C3)cc2)NN1. The number of hydrogen-bond donors (Lipinski definition) is 4. The second-order valence-corrected chi connectivity index (χ2v) is 7.05. The van der Waals surface area contributed by atoms with E-state index in [-0.39, 0.29) is 23.8 Å². The number of anilines is 1. The Balaban J connectivity index is 1.52. The molecule has 2 aliphatic rings. The molecule has 0 aromatic heterocycles. The molecule has 2 heterocycles. The van der Waals surface area contributed by atoms with Crippen molar-refractivity contribution >= 4 is 17.5 Å². The van der Waals surface area contributed by atoms with E-state index in [0.29, 0.717) is 19.1 Å². The molecule has 1 aromatic rings. The van der Waals surface area contributed by atoms with E-state index in [1.165, 1.54) is 0 Å². The summed E-state index contributed by atoms with van der Waals surface area (Å²) in [4.78, 5) is 25.7. The molecule has 2 aliphatic heterocycles. The molecular weight excluding hydrogens is 318 g/mol. The number of carbonyl (C=O) groups is 2. The average molecular weight is 345 g/mol. The third-order valence-electron chi connectivity index (χ3n) is 5.00. The first-order valence-electron chi connectivity index (χ1n) is 8.95. The Morgan fingerprint density at radius 3 is 2.68 bits per heavy atom. The van der Waals surface area contributed by atoms with Crippen molar-refractivity contribution in [2.24, 2.45) is 11.7 Å². The first kappa shape index (κ1) is 17.7. The van der Waals surface area contributed by atoms with Gasteiger partial charge < -0.3 is 16.0 Å². The molecule has 2 fully saturated rings. The Bertz CT molecular complexity index is 618. The molecule has 0 saturated carbocycles. The second kappa shape index (κ2) is 7.84. The highest BCUT2D eigenvalue weighted by Crippen LogP contribution is 2.23. The summed E-state index contributed by atoms with van der Waals surface area (Å²) in [5, 5.41) is 2.97. The highest BCUT2D eigenvalue weighted by molar-refractivity contribution is 5.82. The number of primary amides is 1. The number of nitrogens with two attached hydrogens (primary N) is 1. The summed E-state index contributed by atoms with van der Waals surface area (Å²) in [6.45, 7) is 4.18. The van der Waals surface area contributed by atoms with E-state index in [4.69, 9.17) is 5.73 Å². The van der Waals surface area contributed by atoms with Crippen LogP contribution in [0, 0.1) is 5.92 Å². The first-order valence-corrected chi connectivity index (χ1v) is 8.95. The minimum atomic E-state index is -0.214. The fourth-order valence-corrected chi connectivity index (χ4v) is 3.47. The minimum Gasteiger partial charge on any atom is -0.371 e. The zero-order valence-corrected chi connectivity index (χ0v) is 14.6. The summed E-state index contributed by atoms with van der Waals surface area (Å²) >= 11 is 0. The summed E-state index contributed by atoms with van der Waals surface area (Å²) < 4.78 is 0. The largest absolute Gasteiger partial charge is 0.371 e. The Hall–Kier alpha value is -2.12. The van der Waals surface area contributed by atoms with E-state index >= 15 is 0 Å². The van der Waals surface area contributed by atoms with Crippen molar-refractivity contribution < 1.29 is 9.59 Å². The maximum absolute atomic E-state index is 12.1. The Morgan fingerprint density at radius 1 is 1.28 bits per heavy atom. The summed E-state index contributed by atoms with van der Waals surface area (Å²) in [6, 6.07) is 8.26. The highest BCUT2D eigenvalue weighted by Gasteiger charge is 2.26. The van der Waals surface area contributed by atoms with Gasteiger partial charge in [0.1, 0.15) is 6.04 Å². The molecule has 1 aromatic carbocycles. The van der Waals surface area contributed by atoms with Crippen LogP contribution >= 0.6 is 0 Å². The fourth-order valence-electron chi connectivity index (χ4n) is 3.47. The van der Waals surface area contributed by atoms with Crippen LogP contribution in [-0.4, -0.2) is 37.0 Å². The average Bonchev–Trinajstić information content (AvgIpc) is 3.07. The topological polar surface area (TPSA) is 99.5 Å². The number of nitrogens with zero attached hydrogens (tertiary/aromatic N) is 1. The summed E-state index contributed by atoms with van der Waals surface area (Å²) in [5.41, 5.74) is 13.6. The summed E-state index contributed by atoms with van der Waals surface area (Å²) in [6.07, 6.45) is 2.64. The normalized spacial score (nSPS) is 26.4. The van der Waals surface area contributed by atoms with Crippen molar-refractivity contribution in [3.63, 3.8) is 0 Å². The molecule has 136 valence electrons. The Labute approximate surface area is 148 Å². The standard InChI is InChI=1S/C18H27N5O2/c1-12-9-16(22-21-12)18(25)20-10-13-4-6-15(7-5-13)23-8-2-3-14(11-23)17(19)24/h4-7,12,14,16,21-22H,2-3,8-11H2,1H3,(H2,19,24)(H,20,25). The maximum atomic E-state index is 12.1. The van der Waals surface area contributed by atoms with Crippen molar-refractivity contribution in [2.45, 2.75) is 44.8 Å². The molecule has 7 nitrogen and oxygen atoms in total. The van der Waals surface area contributed by atoms with Gasteiger partial charge in [-0.2, -0.15) is 0 Å². The quantitative estimate of drug-likeness (QED) is 0.613. The number of piperidine rings is 1. The minimum absolute atomic E-state index is 0.0151. The van der Waals surface area contributed by atoms with Crippen molar-refractivity contribution in [3.05, 3.63) is 29.8 Å². The molecule has 25 heavy (non-hydrogen) atoms. The molecule has 0 aliphatic carbocycles. The van der Waals surface area contributed by atoms with Gasteiger partial charge in [0.05, 0.1) is 5.92 Å². The molecule has 2 saturated heterocycles. The Morgan fingerprint density at radius 2 is 2.04 bits per heavy atom. The summed E-state index contributed by atoms with van der Waals surface area (Å²) in [5.74, 6) is -0.266. The van der Waals surface area contributed by atoms with Gasteiger partial charge in [0.2, 0.25) is 11.8 Å². The van der Waals surface area contributed by atoms with Gasteiger partial charge in [-0.25, -0.2) is 5.43 Å². The fraction of sp³-hybridized carbons (Fsp3) is 0.556. The predicted molar refractivity (Wildman–Crippen MR) is 96.6 cm³/mol. The zero-order chi connectivity index (χ0) is 17.8. The van der Waals surface area contributed by atoms with Gasteiger partial charge in [0.25, 0.3) is 0 Å². The van der Waals surface area contributed by atoms with Crippen LogP contribution in [0.3, 0.4) is 0 Å². The van der Waals surface area contributed by atoms with Crippen LogP contribution in [0.5, 0.6) is 0 Å². The maximum Gasteiger partial charge on any atom is 0.238 e. The van der Waals surface area contributed by atoms with Crippen molar-refractivity contribution in [3.8, 4) is 0 Å². The lowest BCUT2D eigenvalue weighted by molar-refractivity contribution is -0.123. The summed E-state index contributed by atoms with van der Waals surface area (Å²) in [7, 11) is 0. The van der Waals surface area contributed by atoms with Gasteiger partial charge in [0, 0.05) is 31.4 Å². The van der Waals surface area contributed by atoms with Gasteiger partial charge in [-0.15, -0.1) is 0 Å². The monoisotopic (exact) mass is 345 g/mol. The highest BCUT2D eigenvalue weighted by atomic mass is 16.2. The van der Waals surface area contributed by atoms with E-state index in [1.54, 1.807) is 0 Å². The number of amides is 2. The molecule has 2 amide bonds. The predicted octanol–water partition coefficient (Wildman–Crippen LogP) is 0.260. The van der Waals surface area contributed by atoms with Crippen LogP contribution in [0.4, 0.5) is 5.69 Å². The molecule has 0 radical (unpaired) electrons. The third kappa shape index (κ3) is 4.49. The molecular formula is C18H27N5O2. The van der Waals surface area contributed by atoms with Gasteiger partial charge >= 0.3 is 0 Å². The van der Waals surface area contributed by atoms with E-state index in [1.807, 2.05) is 31.2 Å². The number of hydrazine groups is 1. The zero-order valence-electron chi connectivity index (χ0n) is 14.6. The molecule has 3 unspecified atom stereocenters. The van der Waals surface area contributed by atoms with Crippen molar-refractivity contribution in [2.75, 3.05) is 18.0 Å². The number of nitrogens with one attached hydrogen (secondary N) is 3. The number of carbonyl (C=O) groups excluding carboxylic acids is 2. The number of hydrogen-bond acceptors (Lipinski definition) is 5. The molecule has 7 heteroatoms. The van der Waals surface area contributed by atoms with Gasteiger partial charge in [-0.05, 0) is 43.9 Å². The van der Waals surface area contributed by atoms with Gasteiger partial charge in [0.15, 0.2) is 0 Å². The number of rotatable bonds is 5. The molecule has 0 spiro atoms. The van der Waals surface area contributed by atoms with Crippen LogP contribution < -0.4 is 26.8 Å².